The molecule has 0 radical (unpaired) electrons. The van der Waals surface area contributed by atoms with Gasteiger partial charge in [0.05, 0.1) is 11.5 Å². The molecule has 2 unspecified atom stereocenters. The van der Waals surface area contributed by atoms with E-state index in [0.717, 1.165) is 30.4 Å². The SMILES string of the molecule is CCC1CCCCN1c1nc(C)cc(NC2CCS(=O)(=O)C2)n1. The minimum absolute atomic E-state index is 0.0366. The van der Waals surface area contributed by atoms with Gasteiger partial charge in [-0.1, -0.05) is 6.92 Å². The van der Waals surface area contributed by atoms with E-state index in [2.05, 4.69) is 27.1 Å². The molecule has 0 saturated carbocycles. The van der Waals surface area contributed by atoms with Crippen LogP contribution in [-0.2, 0) is 9.84 Å². The molecule has 0 aromatic carbocycles. The average Bonchev–Trinajstić information content (AvgIpc) is 2.85. The first kappa shape index (κ1) is 16.5. The highest BCUT2D eigenvalue weighted by Crippen LogP contribution is 2.25. The van der Waals surface area contributed by atoms with Gasteiger partial charge in [-0.3, -0.25) is 0 Å². The van der Waals surface area contributed by atoms with E-state index in [9.17, 15) is 8.42 Å². The fraction of sp³-hybridized carbons (Fsp3) is 0.750. The minimum Gasteiger partial charge on any atom is -0.366 e. The van der Waals surface area contributed by atoms with Crippen molar-refractivity contribution in [3.8, 4) is 0 Å². The summed E-state index contributed by atoms with van der Waals surface area (Å²) in [6.07, 6.45) is 5.39. The molecule has 3 rings (SSSR count). The number of nitrogens with one attached hydrogen (secondary N) is 1. The van der Waals surface area contributed by atoms with Crippen molar-refractivity contribution in [3.05, 3.63) is 11.8 Å². The molecular formula is C16H26N4O2S. The standard InChI is InChI=1S/C16H26N4O2S/c1-3-14-6-4-5-8-20(14)16-17-12(2)10-15(19-16)18-13-7-9-23(21,22)11-13/h10,13-14H,3-9,11H2,1-2H3,(H,17,18,19). The van der Waals surface area contributed by atoms with Gasteiger partial charge in [-0.25, -0.2) is 13.4 Å². The first-order valence-electron chi connectivity index (χ1n) is 8.56. The predicted molar refractivity (Wildman–Crippen MR) is 92.7 cm³/mol. The van der Waals surface area contributed by atoms with Crippen molar-refractivity contribution >= 4 is 21.6 Å². The molecule has 7 heteroatoms. The molecule has 23 heavy (non-hydrogen) atoms. The third kappa shape index (κ3) is 3.94. The number of sulfone groups is 1. The highest BCUT2D eigenvalue weighted by atomic mass is 32.2. The number of aryl methyl sites for hydroxylation is 1. The van der Waals surface area contributed by atoms with Crippen molar-refractivity contribution in [1.29, 1.82) is 0 Å². The molecule has 0 aliphatic carbocycles. The van der Waals surface area contributed by atoms with Crippen LogP contribution < -0.4 is 10.2 Å². The van der Waals surface area contributed by atoms with Gasteiger partial charge in [0, 0.05) is 30.4 Å². The van der Waals surface area contributed by atoms with Crippen LogP contribution in [0, 0.1) is 6.92 Å². The Hall–Kier alpha value is -1.37. The molecule has 2 aliphatic rings. The van der Waals surface area contributed by atoms with Gasteiger partial charge in [0.1, 0.15) is 5.82 Å². The maximum atomic E-state index is 11.6. The van der Waals surface area contributed by atoms with E-state index in [-0.39, 0.29) is 17.5 Å². The third-order valence-corrected chi connectivity index (χ3v) is 6.55. The molecule has 0 spiro atoms. The maximum Gasteiger partial charge on any atom is 0.227 e. The van der Waals surface area contributed by atoms with Gasteiger partial charge in [0.25, 0.3) is 0 Å². The zero-order valence-electron chi connectivity index (χ0n) is 14.0. The Bertz CT molecular complexity index is 662. The Kier molecular flexibility index (Phi) is 4.75. The van der Waals surface area contributed by atoms with Gasteiger partial charge in [-0.15, -0.1) is 0 Å². The highest BCUT2D eigenvalue weighted by molar-refractivity contribution is 7.91. The zero-order valence-corrected chi connectivity index (χ0v) is 14.8. The number of nitrogens with zero attached hydrogens (tertiary/aromatic N) is 3. The molecule has 2 atom stereocenters. The first-order valence-corrected chi connectivity index (χ1v) is 10.4. The lowest BCUT2D eigenvalue weighted by molar-refractivity contribution is 0.443. The summed E-state index contributed by atoms with van der Waals surface area (Å²) in [5.74, 6) is 1.99. The zero-order chi connectivity index (χ0) is 16.4. The third-order valence-electron chi connectivity index (χ3n) is 4.78. The molecule has 2 saturated heterocycles. The van der Waals surface area contributed by atoms with Crippen molar-refractivity contribution in [1.82, 2.24) is 9.97 Å². The summed E-state index contributed by atoms with van der Waals surface area (Å²) in [4.78, 5) is 11.6. The second kappa shape index (κ2) is 6.63. The van der Waals surface area contributed by atoms with Crippen molar-refractivity contribution in [3.63, 3.8) is 0 Å². The lowest BCUT2D eigenvalue weighted by Gasteiger charge is -2.35. The van der Waals surface area contributed by atoms with E-state index in [1.165, 1.54) is 19.3 Å². The van der Waals surface area contributed by atoms with Gasteiger partial charge in [0.15, 0.2) is 9.84 Å². The second-order valence-electron chi connectivity index (χ2n) is 6.69. The van der Waals surface area contributed by atoms with Crippen LogP contribution in [0.5, 0.6) is 0 Å². The Morgan fingerprint density at radius 1 is 1.30 bits per heavy atom. The second-order valence-corrected chi connectivity index (χ2v) is 8.92. The summed E-state index contributed by atoms with van der Waals surface area (Å²) in [6, 6.07) is 2.37. The van der Waals surface area contributed by atoms with Crippen LogP contribution in [0.15, 0.2) is 6.07 Å². The Morgan fingerprint density at radius 2 is 2.13 bits per heavy atom. The molecule has 6 nitrogen and oxygen atoms in total. The lowest BCUT2D eigenvalue weighted by atomic mass is 10.0. The summed E-state index contributed by atoms with van der Waals surface area (Å²) in [5.41, 5.74) is 0.916. The van der Waals surface area contributed by atoms with E-state index in [1.807, 2.05) is 13.0 Å². The average molecular weight is 338 g/mol. The highest BCUT2D eigenvalue weighted by Gasteiger charge is 2.29. The van der Waals surface area contributed by atoms with Crippen LogP contribution in [0.4, 0.5) is 11.8 Å². The number of piperidine rings is 1. The van der Waals surface area contributed by atoms with E-state index in [0.29, 0.717) is 12.5 Å². The summed E-state index contributed by atoms with van der Waals surface area (Å²) in [5, 5.41) is 3.29. The molecule has 0 bridgehead atoms. The maximum absolute atomic E-state index is 11.6. The molecule has 2 aliphatic heterocycles. The Balaban J connectivity index is 1.79. The molecular weight excluding hydrogens is 312 g/mol. The van der Waals surface area contributed by atoms with Crippen LogP contribution in [-0.4, -0.2) is 48.5 Å². The Morgan fingerprint density at radius 3 is 2.83 bits per heavy atom. The fourth-order valence-corrected chi connectivity index (χ4v) is 5.23. The Labute approximate surface area is 138 Å². The van der Waals surface area contributed by atoms with E-state index >= 15 is 0 Å². The van der Waals surface area contributed by atoms with Gasteiger partial charge >= 0.3 is 0 Å². The fourth-order valence-electron chi connectivity index (χ4n) is 3.56. The molecule has 2 fully saturated rings. The summed E-state index contributed by atoms with van der Waals surface area (Å²) in [6.45, 7) is 5.17. The van der Waals surface area contributed by atoms with E-state index < -0.39 is 9.84 Å². The lowest BCUT2D eigenvalue weighted by Crippen LogP contribution is -2.40. The topological polar surface area (TPSA) is 75.2 Å². The van der Waals surface area contributed by atoms with Gasteiger partial charge in [-0.2, -0.15) is 4.98 Å². The largest absolute Gasteiger partial charge is 0.366 e. The smallest absolute Gasteiger partial charge is 0.227 e. The minimum atomic E-state index is -2.89. The molecule has 1 aromatic heterocycles. The van der Waals surface area contributed by atoms with Crippen LogP contribution in [0.2, 0.25) is 0 Å². The number of aromatic nitrogens is 2. The van der Waals surface area contributed by atoms with Crippen LogP contribution in [0.3, 0.4) is 0 Å². The monoisotopic (exact) mass is 338 g/mol. The van der Waals surface area contributed by atoms with Crippen molar-refractivity contribution in [2.45, 2.75) is 58.0 Å². The number of rotatable bonds is 4. The van der Waals surface area contributed by atoms with Crippen LogP contribution in [0.25, 0.3) is 0 Å². The summed E-state index contributed by atoms with van der Waals surface area (Å²) in [7, 11) is -2.89. The summed E-state index contributed by atoms with van der Waals surface area (Å²) >= 11 is 0. The quantitative estimate of drug-likeness (QED) is 0.907. The van der Waals surface area contributed by atoms with Gasteiger partial charge in [0.2, 0.25) is 5.95 Å². The molecule has 3 heterocycles. The molecule has 0 amide bonds. The number of hydrogen-bond donors (Lipinski definition) is 1. The number of hydrogen-bond acceptors (Lipinski definition) is 6. The van der Waals surface area contributed by atoms with Crippen LogP contribution in [0.1, 0.15) is 44.7 Å². The predicted octanol–water partition coefficient (Wildman–Crippen LogP) is 2.15. The van der Waals surface area contributed by atoms with Gasteiger partial charge < -0.3 is 10.2 Å². The van der Waals surface area contributed by atoms with Crippen molar-refractivity contribution in [2.75, 3.05) is 28.3 Å². The van der Waals surface area contributed by atoms with Crippen molar-refractivity contribution in [2.24, 2.45) is 0 Å². The van der Waals surface area contributed by atoms with Gasteiger partial charge in [-0.05, 0) is 39.0 Å². The summed E-state index contributed by atoms with van der Waals surface area (Å²) < 4.78 is 23.2. The van der Waals surface area contributed by atoms with Crippen molar-refractivity contribution < 1.29 is 8.42 Å². The number of anilines is 2. The van der Waals surface area contributed by atoms with Crippen LogP contribution >= 0.6 is 0 Å². The normalized spacial score (nSPS) is 27.1. The molecule has 1 aromatic rings. The van der Waals surface area contributed by atoms with E-state index in [1.54, 1.807) is 0 Å². The molecule has 1 N–H and O–H groups in total. The van der Waals surface area contributed by atoms with E-state index in [4.69, 9.17) is 0 Å². The first-order chi connectivity index (χ1) is 11.0. The molecule has 128 valence electrons.